The van der Waals surface area contributed by atoms with Crippen molar-refractivity contribution in [3.05, 3.63) is 36.0 Å². The van der Waals surface area contributed by atoms with Crippen LogP contribution in [0.25, 0.3) is 11.0 Å². The van der Waals surface area contributed by atoms with Gasteiger partial charge in [-0.1, -0.05) is 19.8 Å². The van der Waals surface area contributed by atoms with Gasteiger partial charge in [-0.25, -0.2) is 4.98 Å². The van der Waals surface area contributed by atoms with E-state index < -0.39 is 7.60 Å². The highest BCUT2D eigenvalue weighted by atomic mass is 31.2. The third-order valence-corrected chi connectivity index (χ3v) is 6.97. The molecule has 0 saturated heterocycles. The van der Waals surface area contributed by atoms with Gasteiger partial charge in [0.25, 0.3) is 0 Å². The Bertz CT molecular complexity index is 1080. The number of nitrogens with two attached hydrogens (primary N) is 1. The zero-order valence-corrected chi connectivity index (χ0v) is 19.3. The summed E-state index contributed by atoms with van der Waals surface area (Å²) in [7, 11) is 0.949. The molecule has 0 aliphatic heterocycles. The van der Waals surface area contributed by atoms with Crippen LogP contribution in [0.1, 0.15) is 31.7 Å². The average molecular weight is 447 g/mol. The third-order valence-electron chi connectivity index (χ3n) is 5.10. The minimum Gasteiger partial charge on any atom is -0.496 e. The molecule has 31 heavy (non-hydrogen) atoms. The van der Waals surface area contributed by atoms with Gasteiger partial charge in [0.05, 0.1) is 24.5 Å². The summed E-state index contributed by atoms with van der Waals surface area (Å²) < 4.78 is 30.7. The Kier molecular flexibility index (Phi) is 7.54. The van der Waals surface area contributed by atoms with E-state index in [2.05, 4.69) is 22.2 Å². The Balaban J connectivity index is 2.00. The molecule has 0 amide bonds. The molecule has 9 nitrogen and oxygen atoms in total. The van der Waals surface area contributed by atoms with Crippen LogP contribution in [0.2, 0.25) is 0 Å². The molecule has 3 N–H and O–H groups in total. The van der Waals surface area contributed by atoms with E-state index >= 15 is 0 Å². The molecule has 0 unspecified atom stereocenters. The number of benzene rings is 1. The van der Waals surface area contributed by atoms with E-state index in [1.807, 2.05) is 16.8 Å². The number of hydrogen-bond donors (Lipinski definition) is 2. The number of anilines is 2. The van der Waals surface area contributed by atoms with Crippen molar-refractivity contribution in [2.75, 3.05) is 38.9 Å². The summed E-state index contributed by atoms with van der Waals surface area (Å²) in [5.41, 5.74) is 8.33. The molecule has 2 heterocycles. The largest absolute Gasteiger partial charge is 0.496 e. The topological polar surface area (TPSA) is 114 Å². The van der Waals surface area contributed by atoms with Crippen molar-refractivity contribution in [1.29, 1.82) is 0 Å². The molecule has 0 aliphatic rings. The number of hydrogen-bond acceptors (Lipinski definition) is 8. The average Bonchev–Trinajstić information content (AvgIpc) is 3.18. The fraction of sp³-hybridized carbons (Fsp3) is 0.429. The first kappa shape index (κ1) is 23.1. The molecule has 2 aromatic heterocycles. The van der Waals surface area contributed by atoms with Gasteiger partial charge in [0.15, 0.2) is 5.82 Å². The lowest BCUT2D eigenvalue weighted by Crippen LogP contribution is -2.12. The van der Waals surface area contributed by atoms with Gasteiger partial charge >= 0.3 is 7.60 Å². The molecule has 1 aromatic carbocycles. The molecule has 0 spiro atoms. The van der Waals surface area contributed by atoms with Crippen LogP contribution < -0.4 is 21.1 Å². The SMILES string of the molecule is CCCCCNc1nc(N)nc2ccn(Cc3cc(P(=O)(OC)OC)ccc3OC)c12. The highest BCUT2D eigenvalue weighted by molar-refractivity contribution is 7.62. The van der Waals surface area contributed by atoms with E-state index in [1.165, 1.54) is 14.2 Å². The third kappa shape index (κ3) is 5.01. The van der Waals surface area contributed by atoms with Crippen molar-refractivity contribution < 1.29 is 18.3 Å². The molecule has 3 aromatic rings. The number of aromatic nitrogens is 3. The lowest BCUT2D eigenvalue weighted by molar-refractivity contribution is 0.287. The van der Waals surface area contributed by atoms with Crippen LogP contribution in [0.3, 0.4) is 0 Å². The van der Waals surface area contributed by atoms with E-state index in [4.69, 9.17) is 19.5 Å². The van der Waals surface area contributed by atoms with Crippen molar-refractivity contribution in [3.63, 3.8) is 0 Å². The van der Waals surface area contributed by atoms with Crippen LogP contribution in [0.15, 0.2) is 30.5 Å². The van der Waals surface area contributed by atoms with Crippen LogP contribution >= 0.6 is 7.60 Å². The molecular weight excluding hydrogens is 417 g/mol. The van der Waals surface area contributed by atoms with Gasteiger partial charge in [-0.15, -0.1) is 0 Å². The fourth-order valence-electron chi connectivity index (χ4n) is 3.49. The number of nitrogen functional groups attached to an aromatic ring is 1. The number of methoxy groups -OCH3 is 1. The van der Waals surface area contributed by atoms with Gasteiger partial charge in [-0.05, 0) is 30.7 Å². The number of rotatable bonds is 11. The van der Waals surface area contributed by atoms with Crippen molar-refractivity contribution in [1.82, 2.24) is 14.5 Å². The molecule has 0 atom stereocenters. The second kappa shape index (κ2) is 10.1. The van der Waals surface area contributed by atoms with Gasteiger partial charge in [-0.3, -0.25) is 4.57 Å². The predicted molar refractivity (Wildman–Crippen MR) is 123 cm³/mol. The maximum Gasteiger partial charge on any atom is 0.360 e. The number of nitrogens with one attached hydrogen (secondary N) is 1. The maximum atomic E-state index is 12.8. The zero-order valence-electron chi connectivity index (χ0n) is 18.4. The molecule has 0 saturated carbocycles. The van der Waals surface area contributed by atoms with Crippen molar-refractivity contribution in [2.45, 2.75) is 32.7 Å². The monoisotopic (exact) mass is 447 g/mol. The van der Waals surface area contributed by atoms with Crippen molar-refractivity contribution in [3.8, 4) is 5.75 Å². The first-order valence-corrected chi connectivity index (χ1v) is 11.7. The maximum absolute atomic E-state index is 12.8. The predicted octanol–water partition coefficient (Wildman–Crippen LogP) is 3.78. The highest BCUT2D eigenvalue weighted by Crippen LogP contribution is 2.45. The van der Waals surface area contributed by atoms with Crippen molar-refractivity contribution in [2.24, 2.45) is 0 Å². The Labute approximate surface area is 182 Å². The van der Waals surface area contributed by atoms with E-state index in [9.17, 15) is 4.57 Å². The minimum absolute atomic E-state index is 0.226. The van der Waals surface area contributed by atoms with Gasteiger partial charge in [0.1, 0.15) is 11.3 Å². The van der Waals surface area contributed by atoms with Gasteiger partial charge in [-0.2, -0.15) is 4.98 Å². The summed E-state index contributed by atoms with van der Waals surface area (Å²) in [4.78, 5) is 8.78. The summed E-state index contributed by atoms with van der Waals surface area (Å²) >= 11 is 0. The lowest BCUT2D eigenvalue weighted by Gasteiger charge is -2.17. The van der Waals surface area contributed by atoms with E-state index in [0.29, 0.717) is 23.4 Å². The van der Waals surface area contributed by atoms with Crippen LogP contribution in [0.4, 0.5) is 11.8 Å². The minimum atomic E-state index is -3.38. The van der Waals surface area contributed by atoms with Crippen LogP contribution in [0.5, 0.6) is 5.75 Å². The van der Waals surface area contributed by atoms with Crippen LogP contribution in [0, 0.1) is 0 Å². The standard InChI is InChI=1S/C21H30N5O4P/c1-5-6-7-11-23-20-19-17(24-21(22)25-20)10-12-26(19)14-15-13-16(8-9-18(15)28-2)31(27,29-3)30-4/h8-10,12-13H,5-7,11,14H2,1-4H3,(H3,22,23,24,25). The van der Waals surface area contributed by atoms with Crippen molar-refractivity contribution >= 4 is 35.7 Å². The first-order chi connectivity index (χ1) is 15.0. The summed E-state index contributed by atoms with van der Waals surface area (Å²) in [5, 5.41) is 3.85. The number of fused-ring (bicyclic) bond motifs is 1. The lowest BCUT2D eigenvalue weighted by atomic mass is 10.2. The molecule has 0 fully saturated rings. The summed E-state index contributed by atoms with van der Waals surface area (Å²) in [5.74, 6) is 1.58. The molecule has 3 rings (SSSR count). The zero-order chi connectivity index (χ0) is 22.4. The Morgan fingerprint density at radius 2 is 1.90 bits per heavy atom. The summed E-state index contributed by atoms with van der Waals surface area (Å²) in [6.45, 7) is 3.42. The second-order valence-corrected chi connectivity index (χ2v) is 9.34. The number of nitrogens with zero attached hydrogens (tertiary/aromatic N) is 3. The second-order valence-electron chi connectivity index (χ2n) is 7.10. The quantitative estimate of drug-likeness (QED) is 0.337. The number of ether oxygens (including phenoxy) is 1. The highest BCUT2D eigenvalue weighted by Gasteiger charge is 2.25. The van der Waals surface area contributed by atoms with E-state index in [1.54, 1.807) is 25.3 Å². The first-order valence-electron chi connectivity index (χ1n) is 10.2. The molecule has 168 valence electrons. The van der Waals surface area contributed by atoms with Gasteiger partial charge in [0.2, 0.25) is 5.95 Å². The molecule has 0 aliphatic carbocycles. The Morgan fingerprint density at radius 1 is 1.13 bits per heavy atom. The normalized spacial score (nSPS) is 11.7. The Morgan fingerprint density at radius 3 is 2.58 bits per heavy atom. The van der Waals surface area contributed by atoms with E-state index in [-0.39, 0.29) is 5.95 Å². The summed E-state index contributed by atoms with van der Waals surface area (Å²) in [6, 6.07) is 7.13. The number of unbranched alkanes of at least 4 members (excludes halogenated alkanes) is 2. The molecule has 10 heteroatoms. The molecule has 0 bridgehead atoms. The van der Waals surface area contributed by atoms with Gasteiger partial charge < -0.3 is 29.4 Å². The smallest absolute Gasteiger partial charge is 0.360 e. The van der Waals surface area contributed by atoms with Gasteiger partial charge in [0, 0.05) is 32.5 Å². The molecule has 0 radical (unpaired) electrons. The Hall–Kier alpha value is -2.61. The fourth-order valence-corrected chi connectivity index (χ4v) is 4.63. The van der Waals surface area contributed by atoms with Crippen LogP contribution in [-0.2, 0) is 20.2 Å². The molecular formula is C21H30N5O4P. The van der Waals surface area contributed by atoms with Crippen LogP contribution in [-0.4, -0.2) is 42.4 Å². The summed E-state index contributed by atoms with van der Waals surface area (Å²) in [6.07, 6.45) is 5.25. The van der Waals surface area contributed by atoms with E-state index in [0.717, 1.165) is 42.4 Å².